The third kappa shape index (κ3) is 2.42. The van der Waals surface area contributed by atoms with Crippen LogP contribution >= 0.6 is 15.9 Å². The van der Waals surface area contributed by atoms with Gasteiger partial charge >= 0.3 is 0 Å². The van der Waals surface area contributed by atoms with Gasteiger partial charge in [-0.1, -0.05) is 82.7 Å². The van der Waals surface area contributed by atoms with Gasteiger partial charge in [-0.2, -0.15) is 0 Å². The number of hydrogen-bond acceptors (Lipinski definition) is 0. The van der Waals surface area contributed by atoms with Crippen molar-refractivity contribution in [2.45, 2.75) is 4.83 Å². The zero-order chi connectivity index (χ0) is 14.9. The largest absolute Gasteiger partial charge is 0.0786 e. The van der Waals surface area contributed by atoms with E-state index in [9.17, 15) is 0 Å². The molecule has 0 N–H and O–H groups in total. The highest BCUT2D eigenvalue weighted by Gasteiger charge is 2.10. The first kappa shape index (κ1) is 13.5. The number of rotatable bonds is 2. The van der Waals surface area contributed by atoms with Gasteiger partial charge in [-0.3, -0.25) is 0 Å². The Kier molecular flexibility index (Phi) is 3.44. The van der Waals surface area contributed by atoms with E-state index in [0.717, 1.165) is 0 Å². The molecule has 0 radical (unpaired) electrons. The van der Waals surface area contributed by atoms with Gasteiger partial charge in [0.05, 0.1) is 4.83 Å². The molecule has 0 amide bonds. The maximum Gasteiger partial charge on any atom is 0.0644 e. The molecule has 4 rings (SSSR count). The summed E-state index contributed by atoms with van der Waals surface area (Å²) in [6, 6.07) is 30.3. The lowest BCUT2D eigenvalue weighted by Crippen LogP contribution is -1.92. The number of alkyl halides is 1. The van der Waals surface area contributed by atoms with E-state index in [2.05, 4.69) is 101 Å². The molecule has 22 heavy (non-hydrogen) atoms. The van der Waals surface area contributed by atoms with Crippen molar-refractivity contribution in [2.24, 2.45) is 0 Å². The number of hydrogen-bond donors (Lipinski definition) is 0. The van der Waals surface area contributed by atoms with Crippen molar-refractivity contribution in [1.82, 2.24) is 0 Å². The number of halogens is 1. The molecule has 1 unspecified atom stereocenters. The summed E-state index contributed by atoms with van der Waals surface area (Å²) in [7, 11) is 0. The Morgan fingerprint density at radius 1 is 0.500 bits per heavy atom. The van der Waals surface area contributed by atoms with E-state index in [1.54, 1.807) is 0 Å². The Hall–Kier alpha value is -2.12. The van der Waals surface area contributed by atoms with Crippen molar-refractivity contribution in [3.8, 4) is 0 Å². The Morgan fingerprint density at radius 2 is 1.09 bits per heavy atom. The highest BCUT2D eigenvalue weighted by atomic mass is 79.9. The Morgan fingerprint density at radius 3 is 1.82 bits per heavy atom. The summed E-state index contributed by atoms with van der Waals surface area (Å²) >= 11 is 3.83. The van der Waals surface area contributed by atoms with Crippen LogP contribution < -0.4 is 0 Å². The molecule has 0 aliphatic heterocycles. The van der Waals surface area contributed by atoms with Crippen LogP contribution in [0.15, 0.2) is 84.9 Å². The van der Waals surface area contributed by atoms with Crippen LogP contribution in [0.3, 0.4) is 0 Å². The zero-order valence-electron chi connectivity index (χ0n) is 12.0. The van der Waals surface area contributed by atoms with E-state index in [0.29, 0.717) is 0 Å². The van der Waals surface area contributed by atoms with Crippen molar-refractivity contribution in [2.75, 3.05) is 0 Å². The summed E-state index contributed by atoms with van der Waals surface area (Å²) in [5.74, 6) is 0. The topological polar surface area (TPSA) is 0 Å². The van der Waals surface area contributed by atoms with Crippen molar-refractivity contribution in [1.29, 1.82) is 0 Å². The van der Waals surface area contributed by atoms with Crippen molar-refractivity contribution < 1.29 is 0 Å². The van der Waals surface area contributed by atoms with Gasteiger partial charge in [0.2, 0.25) is 0 Å². The predicted octanol–water partition coefficient (Wildman–Crippen LogP) is 6.48. The molecule has 0 spiro atoms. The molecular formula is C21H15Br. The third-order valence-corrected chi connectivity index (χ3v) is 5.17. The average molecular weight is 347 g/mol. The quantitative estimate of drug-likeness (QED) is 0.288. The van der Waals surface area contributed by atoms with Gasteiger partial charge in [-0.15, -0.1) is 0 Å². The van der Waals surface area contributed by atoms with E-state index in [-0.39, 0.29) is 4.83 Å². The van der Waals surface area contributed by atoms with Crippen molar-refractivity contribution in [3.05, 3.63) is 96.1 Å². The third-order valence-electron chi connectivity index (χ3n) is 4.11. The first-order valence-corrected chi connectivity index (χ1v) is 8.34. The van der Waals surface area contributed by atoms with Gasteiger partial charge in [0.1, 0.15) is 0 Å². The summed E-state index contributed by atoms with van der Waals surface area (Å²) < 4.78 is 0. The van der Waals surface area contributed by atoms with Gasteiger partial charge in [-0.25, -0.2) is 0 Å². The van der Waals surface area contributed by atoms with Crippen molar-refractivity contribution in [3.63, 3.8) is 0 Å². The van der Waals surface area contributed by atoms with Gasteiger partial charge in [0.25, 0.3) is 0 Å². The number of fused-ring (bicyclic) bond motifs is 2. The lowest BCUT2D eigenvalue weighted by molar-refractivity contribution is 1.18. The highest BCUT2D eigenvalue weighted by Crippen LogP contribution is 2.33. The summed E-state index contributed by atoms with van der Waals surface area (Å²) in [5.41, 5.74) is 2.57. The molecule has 0 aromatic heterocycles. The lowest BCUT2D eigenvalue weighted by Gasteiger charge is -2.12. The molecule has 0 bridgehead atoms. The van der Waals surface area contributed by atoms with E-state index in [4.69, 9.17) is 0 Å². The minimum absolute atomic E-state index is 0.226. The Balaban J connectivity index is 1.84. The van der Waals surface area contributed by atoms with Crippen LogP contribution in [0.4, 0.5) is 0 Å². The Bertz CT molecular complexity index is 941. The molecule has 4 aromatic rings. The highest BCUT2D eigenvalue weighted by molar-refractivity contribution is 9.09. The number of benzene rings is 4. The molecule has 106 valence electrons. The molecular weight excluding hydrogens is 332 g/mol. The second-order valence-corrected chi connectivity index (χ2v) is 6.49. The standard InChI is InChI=1S/C21H15Br/c22-21(15-6-2-1-3-7-15)19-11-10-18-12-16-8-4-5-9-17(16)13-20(18)14-19/h1-14,21H. The fourth-order valence-electron chi connectivity index (χ4n) is 2.93. The summed E-state index contributed by atoms with van der Waals surface area (Å²) in [6.45, 7) is 0. The maximum absolute atomic E-state index is 3.83. The van der Waals surface area contributed by atoms with Gasteiger partial charge < -0.3 is 0 Å². The first-order valence-electron chi connectivity index (χ1n) is 7.43. The van der Waals surface area contributed by atoms with Crippen LogP contribution in [0.2, 0.25) is 0 Å². The molecule has 0 fully saturated rings. The van der Waals surface area contributed by atoms with Gasteiger partial charge in [0, 0.05) is 0 Å². The summed E-state index contributed by atoms with van der Waals surface area (Å²) in [4.78, 5) is 0.226. The van der Waals surface area contributed by atoms with Crippen LogP contribution in [0.1, 0.15) is 16.0 Å². The van der Waals surface area contributed by atoms with Gasteiger partial charge in [0.15, 0.2) is 0 Å². The lowest BCUT2D eigenvalue weighted by atomic mass is 9.98. The Labute approximate surface area is 138 Å². The van der Waals surface area contributed by atoms with E-state index in [1.165, 1.54) is 32.7 Å². The second kappa shape index (κ2) is 5.58. The minimum Gasteiger partial charge on any atom is -0.0786 e. The van der Waals surface area contributed by atoms with Gasteiger partial charge in [-0.05, 0) is 50.9 Å². The fraction of sp³-hybridized carbons (Fsp3) is 0.0476. The molecule has 0 nitrogen and oxygen atoms in total. The fourth-order valence-corrected chi connectivity index (χ4v) is 3.52. The van der Waals surface area contributed by atoms with E-state index >= 15 is 0 Å². The van der Waals surface area contributed by atoms with E-state index < -0.39 is 0 Å². The van der Waals surface area contributed by atoms with Crippen LogP contribution in [0, 0.1) is 0 Å². The molecule has 0 aliphatic rings. The SMILES string of the molecule is BrC(c1ccccc1)c1ccc2cc3ccccc3cc2c1. The summed E-state index contributed by atoms with van der Waals surface area (Å²) in [6.07, 6.45) is 0. The summed E-state index contributed by atoms with van der Waals surface area (Å²) in [5, 5.41) is 5.16. The molecule has 0 aliphatic carbocycles. The maximum atomic E-state index is 3.83. The van der Waals surface area contributed by atoms with Crippen LogP contribution in [-0.4, -0.2) is 0 Å². The molecule has 0 heterocycles. The molecule has 1 heteroatoms. The molecule has 0 saturated carbocycles. The predicted molar refractivity (Wildman–Crippen MR) is 98.7 cm³/mol. The minimum atomic E-state index is 0.226. The van der Waals surface area contributed by atoms with Crippen molar-refractivity contribution >= 4 is 37.5 Å². The van der Waals surface area contributed by atoms with Crippen LogP contribution in [0.5, 0.6) is 0 Å². The van der Waals surface area contributed by atoms with Crippen LogP contribution in [0.25, 0.3) is 21.5 Å². The van der Waals surface area contributed by atoms with Crippen LogP contribution in [-0.2, 0) is 0 Å². The second-order valence-electron chi connectivity index (χ2n) is 5.58. The average Bonchev–Trinajstić information content (AvgIpc) is 2.59. The smallest absolute Gasteiger partial charge is 0.0644 e. The normalized spacial score (nSPS) is 12.6. The van der Waals surface area contributed by atoms with E-state index in [1.807, 2.05) is 0 Å². The molecule has 0 saturated heterocycles. The first-order chi connectivity index (χ1) is 10.8. The molecule has 1 atom stereocenters. The zero-order valence-corrected chi connectivity index (χ0v) is 13.6. The monoisotopic (exact) mass is 346 g/mol. The molecule has 4 aromatic carbocycles.